The van der Waals surface area contributed by atoms with Crippen LogP contribution in [0, 0.1) is 0 Å². The van der Waals surface area contributed by atoms with Gasteiger partial charge in [0.25, 0.3) is 0 Å². The molecule has 1 N–H and O–H groups in total. The smallest absolute Gasteiger partial charge is 0.225 e. The summed E-state index contributed by atoms with van der Waals surface area (Å²) in [6, 6.07) is 5.45. The Morgan fingerprint density at radius 1 is 1.47 bits per heavy atom. The fourth-order valence-electron chi connectivity index (χ4n) is 2.15. The third-order valence-electron chi connectivity index (χ3n) is 3.07. The van der Waals surface area contributed by atoms with Gasteiger partial charge in [0.05, 0.1) is 5.33 Å². The van der Waals surface area contributed by atoms with Crippen LogP contribution in [-0.2, 0) is 10.2 Å². The molecular weight excluding hydrogens is 282 g/mol. The molecule has 90 valence electrons. The summed E-state index contributed by atoms with van der Waals surface area (Å²) in [5.74, 6) is 0.0857. The number of ketones is 1. The Morgan fingerprint density at radius 3 is 2.82 bits per heavy atom. The minimum atomic E-state index is -0.222. The Balaban J connectivity index is 2.51. The van der Waals surface area contributed by atoms with Crippen LogP contribution < -0.4 is 5.32 Å². The number of alkyl halides is 1. The topological polar surface area (TPSA) is 46.2 Å². The minimum absolute atomic E-state index is 0.0297. The second kappa shape index (κ2) is 4.26. The molecule has 17 heavy (non-hydrogen) atoms. The van der Waals surface area contributed by atoms with E-state index in [1.165, 1.54) is 0 Å². The zero-order valence-electron chi connectivity index (χ0n) is 9.84. The van der Waals surface area contributed by atoms with Crippen LogP contribution in [0.2, 0.25) is 0 Å². The molecule has 3 nitrogen and oxygen atoms in total. The van der Waals surface area contributed by atoms with Crippen molar-refractivity contribution in [2.24, 2.45) is 0 Å². The molecular formula is C13H14BrNO2. The van der Waals surface area contributed by atoms with Crippen LogP contribution in [0.3, 0.4) is 0 Å². The molecule has 1 aromatic carbocycles. The number of fused-ring (bicyclic) bond motifs is 1. The van der Waals surface area contributed by atoms with Gasteiger partial charge in [-0.05, 0) is 23.8 Å². The number of halogens is 1. The van der Waals surface area contributed by atoms with Crippen LogP contribution in [0.25, 0.3) is 0 Å². The molecule has 0 saturated carbocycles. The summed E-state index contributed by atoms with van der Waals surface area (Å²) in [4.78, 5) is 23.2. The first-order chi connectivity index (χ1) is 7.94. The lowest BCUT2D eigenvalue weighted by molar-refractivity contribution is -0.117. The van der Waals surface area contributed by atoms with E-state index in [2.05, 4.69) is 21.2 Å². The van der Waals surface area contributed by atoms with Crippen molar-refractivity contribution in [3.8, 4) is 0 Å². The van der Waals surface area contributed by atoms with Gasteiger partial charge in [0.15, 0.2) is 5.78 Å². The molecule has 0 atom stereocenters. The van der Waals surface area contributed by atoms with Crippen molar-refractivity contribution in [2.75, 3.05) is 10.6 Å². The number of carbonyl (C=O) groups is 2. The fourth-order valence-corrected chi connectivity index (χ4v) is 2.48. The van der Waals surface area contributed by atoms with Gasteiger partial charge in [0, 0.05) is 23.1 Å². The third kappa shape index (κ3) is 2.27. The maximum absolute atomic E-state index is 11.6. The maximum Gasteiger partial charge on any atom is 0.225 e. The van der Waals surface area contributed by atoms with Crippen LogP contribution >= 0.6 is 15.9 Å². The van der Waals surface area contributed by atoms with Gasteiger partial charge in [0.1, 0.15) is 0 Å². The zero-order valence-corrected chi connectivity index (χ0v) is 11.4. The highest BCUT2D eigenvalue weighted by molar-refractivity contribution is 9.09. The van der Waals surface area contributed by atoms with Crippen LogP contribution in [-0.4, -0.2) is 17.0 Å². The van der Waals surface area contributed by atoms with Gasteiger partial charge in [-0.15, -0.1) is 0 Å². The molecule has 0 bridgehead atoms. The van der Waals surface area contributed by atoms with Crippen molar-refractivity contribution < 1.29 is 9.59 Å². The van der Waals surface area contributed by atoms with Gasteiger partial charge in [-0.3, -0.25) is 9.59 Å². The lowest BCUT2D eigenvalue weighted by Crippen LogP contribution is -2.32. The molecule has 1 aliphatic heterocycles. The Labute approximate surface area is 109 Å². The first kappa shape index (κ1) is 12.3. The highest BCUT2D eigenvalue weighted by atomic mass is 79.9. The Kier molecular flexibility index (Phi) is 3.08. The molecule has 0 aliphatic carbocycles. The molecule has 0 spiro atoms. The number of nitrogens with one attached hydrogen (secondary N) is 1. The quantitative estimate of drug-likeness (QED) is 0.674. The maximum atomic E-state index is 11.6. The average Bonchev–Trinajstić information content (AvgIpc) is 2.26. The van der Waals surface area contributed by atoms with E-state index in [0.29, 0.717) is 17.3 Å². The van der Waals surface area contributed by atoms with E-state index in [-0.39, 0.29) is 17.1 Å². The van der Waals surface area contributed by atoms with E-state index >= 15 is 0 Å². The number of carbonyl (C=O) groups excluding carboxylic acids is 2. The second-order valence-electron chi connectivity index (χ2n) is 4.93. The monoisotopic (exact) mass is 295 g/mol. The fraction of sp³-hybridized carbons (Fsp3) is 0.385. The lowest BCUT2D eigenvalue weighted by Gasteiger charge is -2.32. The number of hydrogen-bond acceptors (Lipinski definition) is 2. The average molecular weight is 296 g/mol. The number of Topliss-reactive ketones (excluding diaryl/α,β-unsaturated/α-hetero) is 1. The number of hydrogen-bond donors (Lipinski definition) is 1. The second-order valence-corrected chi connectivity index (χ2v) is 5.49. The van der Waals surface area contributed by atoms with Crippen LogP contribution in [0.5, 0.6) is 0 Å². The van der Waals surface area contributed by atoms with Gasteiger partial charge in [-0.2, -0.15) is 0 Å². The number of rotatable bonds is 2. The number of benzene rings is 1. The van der Waals surface area contributed by atoms with Crippen LogP contribution in [0.4, 0.5) is 5.69 Å². The number of amides is 1. The Hall–Kier alpha value is -1.16. The largest absolute Gasteiger partial charge is 0.326 e. The van der Waals surface area contributed by atoms with E-state index in [1.807, 2.05) is 26.0 Å². The molecule has 1 heterocycles. The highest BCUT2D eigenvalue weighted by Crippen LogP contribution is 2.37. The van der Waals surface area contributed by atoms with Gasteiger partial charge in [-0.25, -0.2) is 0 Å². The van der Waals surface area contributed by atoms with E-state index in [1.54, 1.807) is 6.07 Å². The van der Waals surface area contributed by atoms with E-state index in [4.69, 9.17) is 0 Å². The van der Waals surface area contributed by atoms with Crippen molar-refractivity contribution in [2.45, 2.75) is 25.7 Å². The van der Waals surface area contributed by atoms with Crippen molar-refractivity contribution in [3.63, 3.8) is 0 Å². The van der Waals surface area contributed by atoms with Crippen LogP contribution in [0.1, 0.15) is 36.2 Å². The van der Waals surface area contributed by atoms with Crippen molar-refractivity contribution in [1.29, 1.82) is 0 Å². The van der Waals surface area contributed by atoms with E-state index in [0.717, 1.165) is 11.3 Å². The third-order valence-corrected chi connectivity index (χ3v) is 3.58. The molecule has 0 aromatic heterocycles. The summed E-state index contributed by atoms with van der Waals surface area (Å²) in [6.07, 6.45) is 0.450. The highest BCUT2D eigenvalue weighted by Gasteiger charge is 2.32. The molecule has 1 aliphatic rings. The van der Waals surface area contributed by atoms with Crippen LogP contribution in [0.15, 0.2) is 18.2 Å². The molecule has 0 radical (unpaired) electrons. The normalized spacial score (nSPS) is 17.2. The first-order valence-corrected chi connectivity index (χ1v) is 6.60. The zero-order chi connectivity index (χ0) is 12.6. The molecule has 0 unspecified atom stereocenters. The van der Waals surface area contributed by atoms with Crippen molar-refractivity contribution >= 4 is 33.3 Å². The summed E-state index contributed by atoms with van der Waals surface area (Å²) in [5, 5.41) is 3.16. The molecule has 4 heteroatoms. The summed E-state index contributed by atoms with van der Waals surface area (Å²) >= 11 is 3.17. The minimum Gasteiger partial charge on any atom is -0.326 e. The van der Waals surface area contributed by atoms with Gasteiger partial charge >= 0.3 is 0 Å². The molecule has 1 aromatic rings. The van der Waals surface area contributed by atoms with Gasteiger partial charge < -0.3 is 5.32 Å². The van der Waals surface area contributed by atoms with Gasteiger partial charge in [-0.1, -0.05) is 29.8 Å². The molecule has 1 amide bonds. The Bertz CT molecular complexity index is 494. The van der Waals surface area contributed by atoms with E-state index in [9.17, 15) is 9.59 Å². The molecule has 2 rings (SSSR count). The van der Waals surface area contributed by atoms with Gasteiger partial charge in [0.2, 0.25) is 5.91 Å². The first-order valence-electron chi connectivity index (χ1n) is 5.47. The predicted molar refractivity (Wildman–Crippen MR) is 70.8 cm³/mol. The summed E-state index contributed by atoms with van der Waals surface area (Å²) < 4.78 is 0. The molecule has 0 fully saturated rings. The summed E-state index contributed by atoms with van der Waals surface area (Å²) in [7, 11) is 0. The summed E-state index contributed by atoms with van der Waals surface area (Å²) in [6.45, 7) is 4.04. The Morgan fingerprint density at radius 2 is 2.18 bits per heavy atom. The lowest BCUT2D eigenvalue weighted by atomic mass is 9.77. The SMILES string of the molecule is CC1(C)CC(=O)Nc2ccc(C(=O)CBr)cc21. The van der Waals surface area contributed by atoms with E-state index < -0.39 is 0 Å². The molecule has 0 saturated heterocycles. The number of anilines is 1. The predicted octanol–water partition coefficient (Wildman–Crippen LogP) is 2.88. The van der Waals surface area contributed by atoms with Crippen molar-refractivity contribution in [3.05, 3.63) is 29.3 Å². The summed E-state index contributed by atoms with van der Waals surface area (Å²) in [5.41, 5.74) is 2.31. The van der Waals surface area contributed by atoms with Crippen molar-refractivity contribution in [1.82, 2.24) is 0 Å². The standard InChI is InChI=1S/C13H14BrNO2/c1-13(2)6-12(17)15-10-4-3-8(5-9(10)13)11(16)7-14/h3-5H,6-7H2,1-2H3,(H,15,17).